The molecule has 0 aromatic heterocycles. The van der Waals surface area contributed by atoms with Crippen molar-refractivity contribution in [2.24, 2.45) is 0 Å². The molecule has 2 aromatic carbocycles. The average Bonchev–Trinajstić information content (AvgIpc) is 3.13. The number of hydrogen-bond acceptors (Lipinski definition) is 9. The van der Waals surface area contributed by atoms with Gasteiger partial charge in [0.1, 0.15) is 35.5 Å². The summed E-state index contributed by atoms with van der Waals surface area (Å²) in [7, 11) is 0. The average molecular weight is 703 g/mol. The van der Waals surface area contributed by atoms with E-state index in [2.05, 4.69) is 24.3 Å². The van der Waals surface area contributed by atoms with Crippen molar-refractivity contribution in [2.75, 3.05) is 33.0 Å². The van der Waals surface area contributed by atoms with Gasteiger partial charge in [0.15, 0.2) is 5.76 Å². The Balaban J connectivity index is 1.26. The smallest absolute Gasteiger partial charge is 0.306 e. The summed E-state index contributed by atoms with van der Waals surface area (Å²) in [5, 5.41) is 0. The number of unbranched alkanes of at least 4 members (excludes halogenated alkanes) is 3. The van der Waals surface area contributed by atoms with Gasteiger partial charge in [-0.2, -0.15) is 0 Å². The highest BCUT2D eigenvalue weighted by molar-refractivity contribution is 5.70. The third-order valence-corrected chi connectivity index (χ3v) is 8.40. The molecule has 0 N–H and O–H groups in total. The van der Waals surface area contributed by atoms with E-state index < -0.39 is 0 Å². The zero-order valence-electron chi connectivity index (χ0n) is 30.5. The molecule has 9 heteroatoms. The molecule has 276 valence electrons. The largest absolute Gasteiger partial charge is 0.494 e. The fourth-order valence-corrected chi connectivity index (χ4v) is 5.95. The van der Waals surface area contributed by atoms with Crippen LogP contribution in [0.2, 0.25) is 0 Å². The second-order valence-corrected chi connectivity index (χ2v) is 12.4. The summed E-state index contributed by atoms with van der Waals surface area (Å²) in [6.45, 7) is 7.82. The molecule has 0 saturated heterocycles. The Hall–Kier alpha value is -4.66. The molecular formula is C42H54O9. The second-order valence-electron chi connectivity index (χ2n) is 12.4. The maximum absolute atomic E-state index is 12.2. The Labute approximate surface area is 303 Å². The van der Waals surface area contributed by atoms with Crippen molar-refractivity contribution < 1.29 is 42.7 Å². The molecule has 51 heavy (non-hydrogen) atoms. The van der Waals surface area contributed by atoms with Crippen molar-refractivity contribution in [3.63, 3.8) is 0 Å². The molecule has 0 atom stereocenters. The fraction of sp³-hybridized carbons (Fsp3) is 0.476. The fourth-order valence-electron chi connectivity index (χ4n) is 5.95. The van der Waals surface area contributed by atoms with Crippen molar-refractivity contribution in [1.29, 1.82) is 0 Å². The van der Waals surface area contributed by atoms with Gasteiger partial charge in [-0.15, -0.1) is 0 Å². The molecule has 9 nitrogen and oxygen atoms in total. The van der Waals surface area contributed by atoms with E-state index in [1.54, 1.807) is 19.4 Å². The second kappa shape index (κ2) is 22.2. The highest BCUT2D eigenvalue weighted by Gasteiger charge is 2.17. The lowest BCUT2D eigenvalue weighted by atomic mass is 9.96. The first-order valence-corrected chi connectivity index (χ1v) is 18.5. The Morgan fingerprint density at radius 3 is 2.29 bits per heavy atom. The number of carbonyl (C=O) groups is 2. The van der Waals surface area contributed by atoms with Crippen LogP contribution in [0.5, 0.6) is 17.2 Å². The Bertz CT molecular complexity index is 1530. The maximum Gasteiger partial charge on any atom is 0.306 e. The van der Waals surface area contributed by atoms with Gasteiger partial charge in [-0.3, -0.25) is 9.59 Å². The first-order valence-electron chi connectivity index (χ1n) is 18.5. The first-order chi connectivity index (χ1) is 25.0. The highest BCUT2D eigenvalue weighted by atomic mass is 16.5. The summed E-state index contributed by atoms with van der Waals surface area (Å²) >= 11 is 0. The molecule has 0 bridgehead atoms. The standard InChI is InChI=1S/C42H54O9/c1-4-46-35-27-34(40-31-45-30-37(51-40)26-32-16-10-9-11-17-32)28-36(29-35)49-24-13-8-7-12-18-33-19-14-20-39(38(33)22-23-42(44)48-6-3)50-25-15-21-41(43)47-5-2/h9-10,14,16,19-20,27-31H,4-8,11-13,15,17-18,21-26H2,1-3H3. The number of allylic oxidation sites excluding steroid dienone is 4. The van der Waals surface area contributed by atoms with Crippen molar-refractivity contribution in [3.8, 4) is 17.2 Å². The predicted octanol–water partition coefficient (Wildman–Crippen LogP) is 9.34. The molecule has 0 spiro atoms. The summed E-state index contributed by atoms with van der Waals surface area (Å²) in [6, 6.07) is 11.9. The normalized spacial score (nSPS) is 13.6. The zero-order chi connectivity index (χ0) is 36.1. The molecule has 2 aromatic rings. The topological polar surface area (TPSA) is 98.8 Å². The summed E-state index contributed by atoms with van der Waals surface area (Å²) in [6.07, 6.45) is 19.0. The van der Waals surface area contributed by atoms with Gasteiger partial charge in [-0.25, -0.2) is 0 Å². The van der Waals surface area contributed by atoms with Crippen LogP contribution in [0.4, 0.5) is 0 Å². The number of rotatable bonds is 23. The highest BCUT2D eigenvalue weighted by Crippen LogP contribution is 2.33. The van der Waals surface area contributed by atoms with Crippen molar-refractivity contribution >= 4 is 17.7 Å². The molecule has 0 unspecified atom stereocenters. The molecule has 1 aliphatic carbocycles. The van der Waals surface area contributed by atoms with E-state index in [9.17, 15) is 9.59 Å². The Kier molecular flexibility index (Phi) is 17.0. The molecule has 2 aliphatic rings. The number of esters is 2. The van der Waals surface area contributed by atoms with Gasteiger partial charge in [0.05, 0.1) is 33.0 Å². The van der Waals surface area contributed by atoms with Crippen LogP contribution in [0.25, 0.3) is 5.76 Å². The van der Waals surface area contributed by atoms with E-state index in [4.69, 9.17) is 33.2 Å². The van der Waals surface area contributed by atoms with Crippen molar-refractivity contribution in [2.45, 2.75) is 97.8 Å². The quantitative estimate of drug-likeness (QED) is 0.0829. The van der Waals surface area contributed by atoms with Gasteiger partial charge < -0.3 is 33.2 Å². The van der Waals surface area contributed by atoms with Gasteiger partial charge in [-0.1, -0.05) is 48.8 Å². The van der Waals surface area contributed by atoms with Crippen LogP contribution in [0.3, 0.4) is 0 Å². The molecule has 1 heterocycles. The van der Waals surface area contributed by atoms with E-state index >= 15 is 0 Å². The molecule has 0 saturated carbocycles. The van der Waals surface area contributed by atoms with Crippen LogP contribution in [-0.2, 0) is 41.4 Å². The lowest BCUT2D eigenvalue weighted by Crippen LogP contribution is -2.10. The number of hydrogen-bond donors (Lipinski definition) is 0. The zero-order valence-corrected chi connectivity index (χ0v) is 30.5. The van der Waals surface area contributed by atoms with Gasteiger partial charge in [0.2, 0.25) is 0 Å². The SMILES string of the molecule is CCOC(=O)CCCOc1cccc(CCCCCCOc2cc(OCC)cc(C3=COC=C(CC4=CC=CCC4)O3)c2)c1CCC(=O)OCC. The van der Waals surface area contributed by atoms with Crippen LogP contribution < -0.4 is 14.2 Å². The maximum atomic E-state index is 12.2. The van der Waals surface area contributed by atoms with Gasteiger partial charge in [0.25, 0.3) is 0 Å². The molecule has 0 fully saturated rings. The molecule has 0 radical (unpaired) electrons. The van der Waals surface area contributed by atoms with Crippen LogP contribution in [0, 0.1) is 0 Å². The molecule has 1 aliphatic heterocycles. The summed E-state index contributed by atoms with van der Waals surface area (Å²) in [5.74, 6) is 3.16. The minimum atomic E-state index is -0.221. The lowest BCUT2D eigenvalue weighted by molar-refractivity contribution is -0.144. The monoisotopic (exact) mass is 702 g/mol. The Morgan fingerprint density at radius 1 is 0.765 bits per heavy atom. The van der Waals surface area contributed by atoms with E-state index in [1.165, 1.54) is 11.1 Å². The van der Waals surface area contributed by atoms with Crippen molar-refractivity contribution in [3.05, 3.63) is 95.2 Å². The van der Waals surface area contributed by atoms with Crippen LogP contribution >= 0.6 is 0 Å². The third-order valence-electron chi connectivity index (χ3n) is 8.40. The molecular weight excluding hydrogens is 648 g/mol. The van der Waals surface area contributed by atoms with Gasteiger partial charge >= 0.3 is 11.9 Å². The van der Waals surface area contributed by atoms with E-state index in [0.717, 1.165) is 79.1 Å². The third kappa shape index (κ3) is 13.9. The van der Waals surface area contributed by atoms with Gasteiger partial charge in [0, 0.05) is 30.9 Å². The lowest BCUT2D eigenvalue weighted by Gasteiger charge is -2.19. The summed E-state index contributed by atoms with van der Waals surface area (Å²) in [5.41, 5.74) is 4.36. The number of carbonyl (C=O) groups excluding carboxylic acids is 2. The van der Waals surface area contributed by atoms with Crippen LogP contribution in [-0.4, -0.2) is 45.0 Å². The first kappa shape index (κ1) is 39.1. The summed E-state index contributed by atoms with van der Waals surface area (Å²) < 4.78 is 40.2. The van der Waals surface area contributed by atoms with E-state index in [1.807, 2.05) is 44.2 Å². The minimum absolute atomic E-state index is 0.220. The van der Waals surface area contributed by atoms with Crippen molar-refractivity contribution in [1.82, 2.24) is 0 Å². The van der Waals surface area contributed by atoms with Crippen LogP contribution in [0.1, 0.15) is 102 Å². The minimum Gasteiger partial charge on any atom is -0.494 e. The predicted molar refractivity (Wildman–Crippen MR) is 197 cm³/mol. The molecule has 4 rings (SSSR count). The Morgan fingerprint density at radius 2 is 1.53 bits per heavy atom. The molecule has 0 amide bonds. The van der Waals surface area contributed by atoms with Crippen LogP contribution in [0.15, 0.2) is 78.5 Å². The number of ether oxygens (including phenoxy) is 7. The van der Waals surface area contributed by atoms with Gasteiger partial charge in [-0.05, 0) is 95.0 Å². The number of benzene rings is 2. The van der Waals surface area contributed by atoms with E-state index in [-0.39, 0.29) is 18.4 Å². The number of aryl methyl sites for hydroxylation is 1. The summed E-state index contributed by atoms with van der Waals surface area (Å²) in [4.78, 5) is 23.9. The van der Waals surface area contributed by atoms with E-state index in [0.29, 0.717) is 64.5 Å².